The molecule has 4 heteroatoms. The van der Waals surface area contributed by atoms with E-state index in [0.717, 1.165) is 32.5 Å². The first-order chi connectivity index (χ1) is 11.7. The molecule has 1 unspecified atom stereocenters. The van der Waals surface area contributed by atoms with E-state index in [9.17, 15) is 4.79 Å². The molecule has 3 rings (SSSR count). The molecule has 1 amide bonds. The second-order valence-corrected chi connectivity index (χ2v) is 7.37. The van der Waals surface area contributed by atoms with Crippen LogP contribution in [0.5, 0.6) is 0 Å². The molecule has 24 heavy (non-hydrogen) atoms. The first-order valence-electron chi connectivity index (χ1n) is 9.52. The number of amides is 1. The Morgan fingerprint density at radius 1 is 1.12 bits per heavy atom. The normalized spacial score (nSPS) is 23.1. The van der Waals surface area contributed by atoms with Gasteiger partial charge >= 0.3 is 0 Å². The summed E-state index contributed by atoms with van der Waals surface area (Å²) in [5, 5.41) is 6.40. The Labute approximate surface area is 146 Å². The molecule has 2 saturated heterocycles. The highest BCUT2D eigenvalue weighted by atomic mass is 16.1. The zero-order chi connectivity index (χ0) is 16.8. The molecule has 0 radical (unpaired) electrons. The van der Waals surface area contributed by atoms with Crippen molar-refractivity contribution in [1.29, 1.82) is 0 Å². The third kappa shape index (κ3) is 4.81. The van der Waals surface area contributed by atoms with Gasteiger partial charge in [-0.3, -0.25) is 9.69 Å². The van der Waals surface area contributed by atoms with Gasteiger partial charge in [-0.15, -0.1) is 0 Å². The Bertz CT molecular complexity index is 522. The van der Waals surface area contributed by atoms with Crippen molar-refractivity contribution >= 4 is 5.91 Å². The standard InChI is InChI=1S/C20H31N3O/c1-16-4-2-3-13-23(16)15-18-7-5-17(6-8-18)14-22-20(24)19-9-11-21-12-10-19/h5-8,16,19,21H,2-4,9-15H2,1H3,(H,22,24). The smallest absolute Gasteiger partial charge is 0.223 e. The van der Waals surface area contributed by atoms with Gasteiger partial charge in [0.15, 0.2) is 0 Å². The van der Waals surface area contributed by atoms with Crippen molar-refractivity contribution in [2.24, 2.45) is 5.92 Å². The summed E-state index contributed by atoms with van der Waals surface area (Å²) < 4.78 is 0. The number of hydrogen-bond acceptors (Lipinski definition) is 3. The SMILES string of the molecule is CC1CCCCN1Cc1ccc(CNC(=O)C2CCNCC2)cc1. The molecule has 0 spiro atoms. The van der Waals surface area contributed by atoms with E-state index in [-0.39, 0.29) is 11.8 Å². The number of carbonyl (C=O) groups excluding carboxylic acids is 1. The molecule has 2 aliphatic heterocycles. The molecule has 0 aliphatic carbocycles. The summed E-state index contributed by atoms with van der Waals surface area (Å²) in [4.78, 5) is 14.8. The van der Waals surface area contributed by atoms with Crippen LogP contribution in [-0.2, 0) is 17.9 Å². The molecular formula is C20H31N3O. The van der Waals surface area contributed by atoms with Crippen molar-refractivity contribution in [3.63, 3.8) is 0 Å². The lowest BCUT2D eigenvalue weighted by Gasteiger charge is -2.33. The van der Waals surface area contributed by atoms with Gasteiger partial charge in [-0.1, -0.05) is 30.7 Å². The van der Waals surface area contributed by atoms with E-state index in [1.165, 1.54) is 36.9 Å². The summed E-state index contributed by atoms with van der Waals surface area (Å²) in [6.45, 7) is 7.16. The maximum atomic E-state index is 12.2. The highest BCUT2D eigenvalue weighted by Gasteiger charge is 2.20. The Morgan fingerprint density at radius 2 is 1.83 bits per heavy atom. The van der Waals surface area contributed by atoms with Gasteiger partial charge in [0.2, 0.25) is 5.91 Å². The monoisotopic (exact) mass is 329 g/mol. The maximum absolute atomic E-state index is 12.2. The first-order valence-corrected chi connectivity index (χ1v) is 9.52. The molecule has 2 N–H and O–H groups in total. The van der Waals surface area contributed by atoms with Crippen molar-refractivity contribution in [1.82, 2.24) is 15.5 Å². The van der Waals surface area contributed by atoms with Crippen LogP contribution < -0.4 is 10.6 Å². The van der Waals surface area contributed by atoms with Gasteiger partial charge in [0.1, 0.15) is 0 Å². The van der Waals surface area contributed by atoms with Crippen LogP contribution >= 0.6 is 0 Å². The largest absolute Gasteiger partial charge is 0.352 e. The Kier molecular flexibility index (Phi) is 6.27. The number of benzene rings is 1. The lowest BCUT2D eigenvalue weighted by atomic mass is 9.97. The summed E-state index contributed by atoms with van der Waals surface area (Å²) in [5.41, 5.74) is 2.56. The van der Waals surface area contributed by atoms with E-state index in [1.54, 1.807) is 0 Å². The molecule has 4 nitrogen and oxygen atoms in total. The molecule has 0 saturated carbocycles. The van der Waals surface area contributed by atoms with E-state index < -0.39 is 0 Å². The zero-order valence-electron chi connectivity index (χ0n) is 14.9. The number of nitrogens with zero attached hydrogens (tertiary/aromatic N) is 1. The van der Waals surface area contributed by atoms with Gasteiger partial charge in [-0.2, -0.15) is 0 Å². The lowest BCUT2D eigenvalue weighted by Crippen LogP contribution is -2.37. The minimum atomic E-state index is 0.186. The minimum absolute atomic E-state index is 0.186. The predicted octanol–water partition coefficient (Wildman–Crippen LogP) is 2.68. The van der Waals surface area contributed by atoms with Crippen LogP contribution in [-0.4, -0.2) is 36.5 Å². The highest BCUT2D eigenvalue weighted by molar-refractivity contribution is 5.78. The average Bonchev–Trinajstić information content (AvgIpc) is 2.63. The lowest BCUT2D eigenvalue weighted by molar-refractivity contribution is -0.125. The van der Waals surface area contributed by atoms with Crippen molar-refractivity contribution in [2.75, 3.05) is 19.6 Å². The Balaban J connectivity index is 1.46. The quantitative estimate of drug-likeness (QED) is 0.873. The van der Waals surface area contributed by atoms with Gasteiger partial charge in [-0.25, -0.2) is 0 Å². The molecule has 132 valence electrons. The first kappa shape index (κ1) is 17.4. The maximum Gasteiger partial charge on any atom is 0.223 e. The van der Waals surface area contributed by atoms with Crippen molar-refractivity contribution in [3.05, 3.63) is 35.4 Å². The van der Waals surface area contributed by atoms with Gasteiger partial charge in [0.25, 0.3) is 0 Å². The number of carbonyl (C=O) groups is 1. The van der Waals surface area contributed by atoms with Gasteiger partial charge in [0.05, 0.1) is 0 Å². The van der Waals surface area contributed by atoms with Crippen LogP contribution in [0.1, 0.15) is 50.2 Å². The third-order valence-corrected chi connectivity index (χ3v) is 5.53. The summed E-state index contributed by atoms with van der Waals surface area (Å²) in [5.74, 6) is 0.397. The molecule has 0 aromatic heterocycles. The predicted molar refractivity (Wildman–Crippen MR) is 97.6 cm³/mol. The topological polar surface area (TPSA) is 44.4 Å². The number of piperidine rings is 2. The van der Waals surface area contributed by atoms with Crippen molar-refractivity contribution < 1.29 is 4.79 Å². The summed E-state index contributed by atoms with van der Waals surface area (Å²) >= 11 is 0. The zero-order valence-corrected chi connectivity index (χ0v) is 14.9. The molecule has 1 aromatic carbocycles. The average molecular weight is 329 g/mol. The van der Waals surface area contributed by atoms with E-state index in [4.69, 9.17) is 0 Å². The molecule has 0 bridgehead atoms. The number of nitrogens with one attached hydrogen (secondary N) is 2. The van der Waals surface area contributed by atoms with Crippen LogP contribution in [0.25, 0.3) is 0 Å². The molecule has 2 aliphatic rings. The molecule has 1 aromatic rings. The highest BCUT2D eigenvalue weighted by Crippen LogP contribution is 2.19. The second kappa shape index (κ2) is 8.63. The fraction of sp³-hybridized carbons (Fsp3) is 0.650. The van der Waals surface area contributed by atoms with E-state index in [1.807, 2.05) is 0 Å². The second-order valence-electron chi connectivity index (χ2n) is 7.37. The van der Waals surface area contributed by atoms with Crippen molar-refractivity contribution in [3.8, 4) is 0 Å². The fourth-order valence-electron chi connectivity index (χ4n) is 3.81. The van der Waals surface area contributed by atoms with Crippen LogP contribution in [0.15, 0.2) is 24.3 Å². The van der Waals surface area contributed by atoms with Crippen LogP contribution in [0.2, 0.25) is 0 Å². The molecule has 2 fully saturated rings. The van der Waals surface area contributed by atoms with Crippen LogP contribution in [0, 0.1) is 5.92 Å². The van der Waals surface area contributed by atoms with Crippen LogP contribution in [0.3, 0.4) is 0 Å². The number of likely N-dealkylation sites (tertiary alicyclic amines) is 1. The van der Waals surface area contributed by atoms with E-state index in [0.29, 0.717) is 12.6 Å². The van der Waals surface area contributed by atoms with Crippen LogP contribution in [0.4, 0.5) is 0 Å². The Morgan fingerprint density at radius 3 is 2.54 bits per heavy atom. The molecule has 1 atom stereocenters. The van der Waals surface area contributed by atoms with E-state index in [2.05, 4.69) is 46.7 Å². The van der Waals surface area contributed by atoms with Gasteiger partial charge in [-0.05, 0) is 63.4 Å². The van der Waals surface area contributed by atoms with Gasteiger partial charge in [0, 0.05) is 25.0 Å². The fourth-order valence-corrected chi connectivity index (χ4v) is 3.81. The molecular weight excluding hydrogens is 298 g/mol. The minimum Gasteiger partial charge on any atom is -0.352 e. The van der Waals surface area contributed by atoms with Gasteiger partial charge < -0.3 is 10.6 Å². The van der Waals surface area contributed by atoms with Crippen molar-refractivity contribution in [2.45, 2.75) is 58.2 Å². The number of rotatable bonds is 5. The third-order valence-electron chi connectivity index (χ3n) is 5.53. The van der Waals surface area contributed by atoms with E-state index >= 15 is 0 Å². The number of hydrogen-bond donors (Lipinski definition) is 2. The summed E-state index contributed by atoms with van der Waals surface area (Å²) in [6, 6.07) is 9.45. The Hall–Kier alpha value is -1.39. The summed E-state index contributed by atoms with van der Waals surface area (Å²) in [7, 11) is 0. The summed E-state index contributed by atoms with van der Waals surface area (Å²) in [6.07, 6.45) is 5.93. The molecule has 2 heterocycles.